The van der Waals surface area contributed by atoms with Crippen LogP contribution >= 0.6 is 0 Å². The van der Waals surface area contributed by atoms with Crippen molar-refractivity contribution in [2.24, 2.45) is 11.8 Å². The van der Waals surface area contributed by atoms with Crippen molar-refractivity contribution < 1.29 is 13.5 Å². The number of piperidine rings is 1. The normalized spacial score (nSPS) is 26.4. The average molecular weight is 273 g/mol. The van der Waals surface area contributed by atoms with Gasteiger partial charge in [-0.2, -0.15) is 9.40 Å². The average Bonchev–Trinajstić information content (AvgIpc) is 2.81. The van der Waals surface area contributed by atoms with E-state index in [0.717, 1.165) is 6.42 Å². The van der Waals surface area contributed by atoms with Gasteiger partial charge in [0.15, 0.2) is 5.03 Å². The molecule has 7 heteroatoms. The van der Waals surface area contributed by atoms with Crippen molar-refractivity contribution in [2.75, 3.05) is 13.1 Å². The van der Waals surface area contributed by atoms with Gasteiger partial charge in [-0.1, -0.05) is 13.8 Å². The van der Waals surface area contributed by atoms with E-state index in [-0.39, 0.29) is 11.6 Å². The largest absolute Gasteiger partial charge is 0.392 e. The lowest BCUT2D eigenvalue weighted by Gasteiger charge is -2.34. The molecule has 1 aromatic heterocycles. The zero-order chi connectivity index (χ0) is 13.3. The number of H-pyrrole nitrogens is 1. The van der Waals surface area contributed by atoms with Crippen LogP contribution in [0.4, 0.5) is 0 Å². The molecule has 1 fully saturated rings. The van der Waals surface area contributed by atoms with Crippen molar-refractivity contribution >= 4 is 10.0 Å². The number of aliphatic hydroxyl groups excluding tert-OH is 1. The summed E-state index contributed by atoms with van der Waals surface area (Å²) in [6.45, 7) is 4.92. The number of hydrogen-bond acceptors (Lipinski definition) is 4. The molecule has 1 saturated heterocycles. The maximum absolute atomic E-state index is 12.4. The smallest absolute Gasteiger partial charge is 0.260 e. The molecule has 1 aliphatic heterocycles. The summed E-state index contributed by atoms with van der Waals surface area (Å²) in [5.41, 5.74) is 0.321. The fourth-order valence-electron chi connectivity index (χ4n) is 2.21. The van der Waals surface area contributed by atoms with Crippen LogP contribution in [-0.2, 0) is 16.6 Å². The molecule has 0 bridgehead atoms. The second kappa shape index (κ2) is 4.99. The van der Waals surface area contributed by atoms with Crippen LogP contribution in [0.1, 0.15) is 25.8 Å². The summed E-state index contributed by atoms with van der Waals surface area (Å²) in [6.07, 6.45) is 2.21. The van der Waals surface area contributed by atoms with E-state index in [1.807, 2.05) is 0 Å². The number of rotatable bonds is 3. The molecular formula is C11H19N3O3S. The van der Waals surface area contributed by atoms with Gasteiger partial charge in [-0.15, -0.1) is 0 Å². The molecule has 0 amide bonds. The Morgan fingerprint density at radius 3 is 2.83 bits per heavy atom. The number of sulfonamides is 1. The molecule has 1 aliphatic rings. The van der Waals surface area contributed by atoms with E-state index >= 15 is 0 Å². The van der Waals surface area contributed by atoms with Crippen LogP contribution in [0.5, 0.6) is 0 Å². The van der Waals surface area contributed by atoms with Crippen LogP contribution in [0.25, 0.3) is 0 Å². The van der Waals surface area contributed by atoms with E-state index < -0.39 is 10.0 Å². The topological polar surface area (TPSA) is 86.3 Å². The van der Waals surface area contributed by atoms with E-state index in [9.17, 15) is 8.42 Å². The second-order valence-electron chi connectivity index (χ2n) is 4.99. The predicted octanol–water partition coefficient (Wildman–Crippen LogP) is 0.569. The van der Waals surface area contributed by atoms with Crippen molar-refractivity contribution in [3.63, 3.8) is 0 Å². The molecular weight excluding hydrogens is 254 g/mol. The van der Waals surface area contributed by atoms with Gasteiger partial charge in [-0.05, 0) is 18.3 Å². The molecule has 102 valence electrons. The van der Waals surface area contributed by atoms with E-state index in [1.165, 1.54) is 10.5 Å². The second-order valence-corrected chi connectivity index (χ2v) is 6.86. The Bertz CT molecular complexity index is 511. The lowest BCUT2D eigenvalue weighted by atomic mass is 9.90. The first kappa shape index (κ1) is 13.5. The number of nitrogens with zero attached hydrogens (tertiary/aromatic N) is 2. The molecule has 2 heterocycles. The third kappa shape index (κ3) is 2.30. The number of hydrogen-bond donors (Lipinski definition) is 2. The Hall–Kier alpha value is -0.920. The molecule has 0 aromatic carbocycles. The third-order valence-corrected chi connectivity index (χ3v) is 5.62. The molecule has 0 aliphatic carbocycles. The maximum Gasteiger partial charge on any atom is 0.260 e. The van der Waals surface area contributed by atoms with Crippen LogP contribution in [0, 0.1) is 11.8 Å². The van der Waals surface area contributed by atoms with Crippen molar-refractivity contribution in [3.8, 4) is 0 Å². The summed E-state index contributed by atoms with van der Waals surface area (Å²) < 4.78 is 26.3. The Balaban J connectivity index is 2.27. The molecule has 2 atom stereocenters. The molecule has 2 N–H and O–H groups in total. The molecule has 18 heavy (non-hydrogen) atoms. The molecule has 0 radical (unpaired) electrons. The van der Waals surface area contributed by atoms with E-state index in [2.05, 4.69) is 24.0 Å². The molecule has 0 spiro atoms. The van der Waals surface area contributed by atoms with Gasteiger partial charge in [-0.3, -0.25) is 5.10 Å². The minimum absolute atomic E-state index is 0.0201. The van der Waals surface area contributed by atoms with E-state index in [4.69, 9.17) is 5.11 Å². The summed E-state index contributed by atoms with van der Waals surface area (Å²) in [5.74, 6) is 0.879. The predicted molar refractivity (Wildman–Crippen MR) is 66.2 cm³/mol. The first-order valence-electron chi connectivity index (χ1n) is 6.10. The minimum atomic E-state index is -3.56. The highest BCUT2D eigenvalue weighted by molar-refractivity contribution is 7.89. The first-order chi connectivity index (χ1) is 8.46. The van der Waals surface area contributed by atoms with Crippen LogP contribution in [0.3, 0.4) is 0 Å². The van der Waals surface area contributed by atoms with Crippen LogP contribution in [-0.4, -0.2) is 41.1 Å². The van der Waals surface area contributed by atoms with Gasteiger partial charge in [0.2, 0.25) is 0 Å². The highest BCUT2D eigenvalue weighted by Gasteiger charge is 2.33. The summed E-state index contributed by atoms with van der Waals surface area (Å²) in [4.78, 5) is 0. The van der Waals surface area contributed by atoms with Gasteiger partial charge >= 0.3 is 0 Å². The van der Waals surface area contributed by atoms with Crippen LogP contribution in [0.15, 0.2) is 11.2 Å². The first-order valence-corrected chi connectivity index (χ1v) is 7.54. The maximum atomic E-state index is 12.4. The standard InChI is InChI=1S/C11H19N3O3S/c1-8-3-4-14(6-9(8)2)18(16,17)11-10(7-15)5-12-13-11/h5,8-9,15H,3-4,6-7H2,1-2H3,(H,12,13). The Labute approximate surface area is 107 Å². The quantitative estimate of drug-likeness (QED) is 0.843. The number of nitrogens with one attached hydrogen (secondary N) is 1. The SMILES string of the molecule is CC1CCN(S(=O)(=O)c2[nH]ncc2CO)CC1C. The zero-order valence-electron chi connectivity index (χ0n) is 10.6. The van der Waals surface area contributed by atoms with Gasteiger partial charge in [0.1, 0.15) is 0 Å². The lowest BCUT2D eigenvalue weighted by molar-refractivity contribution is 0.211. The van der Waals surface area contributed by atoms with E-state index in [0.29, 0.717) is 30.5 Å². The Morgan fingerprint density at radius 2 is 2.22 bits per heavy atom. The fourth-order valence-corrected chi connectivity index (χ4v) is 3.86. The Kier molecular flexibility index (Phi) is 3.74. The number of aliphatic hydroxyl groups is 1. The summed E-state index contributed by atoms with van der Waals surface area (Å²) in [6, 6.07) is 0. The molecule has 6 nitrogen and oxygen atoms in total. The molecule has 2 rings (SSSR count). The zero-order valence-corrected chi connectivity index (χ0v) is 11.4. The minimum Gasteiger partial charge on any atom is -0.392 e. The van der Waals surface area contributed by atoms with Crippen molar-refractivity contribution in [1.82, 2.24) is 14.5 Å². The summed E-state index contributed by atoms with van der Waals surface area (Å²) in [7, 11) is -3.56. The molecule has 0 saturated carbocycles. The highest BCUT2D eigenvalue weighted by Crippen LogP contribution is 2.27. The van der Waals surface area contributed by atoms with Crippen molar-refractivity contribution in [1.29, 1.82) is 0 Å². The highest BCUT2D eigenvalue weighted by atomic mass is 32.2. The van der Waals surface area contributed by atoms with Gasteiger partial charge < -0.3 is 5.11 Å². The lowest BCUT2D eigenvalue weighted by Crippen LogP contribution is -2.42. The van der Waals surface area contributed by atoms with Gasteiger partial charge in [0.05, 0.1) is 12.8 Å². The Morgan fingerprint density at radius 1 is 1.50 bits per heavy atom. The van der Waals surface area contributed by atoms with Crippen LogP contribution in [0.2, 0.25) is 0 Å². The monoisotopic (exact) mass is 273 g/mol. The van der Waals surface area contributed by atoms with Gasteiger partial charge in [-0.25, -0.2) is 8.42 Å². The third-order valence-electron chi connectivity index (χ3n) is 3.74. The summed E-state index contributed by atoms with van der Waals surface area (Å²) >= 11 is 0. The van der Waals surface area contributed by atoms with Gasteiger partial charge in [0.25, 0.3) is 10.0 Å². The molecule has 2 unspecified atom stereocenters. The molecule has 1 aromatic rings. The number of aromatic nitrogens is 2. The van der Waals surface area contributed by atoms with Crippen molar-refractivity contribution in [3.05, 3.63) is 11.8 Å². The fraction of sp³-hybridized carbons (Fsp3) is 0.727. The van der Waals surface area contributed by atoms with E-state index in [1.54, 1.807) is 0 Å². The number of aromatic amines is 1. The van der Waals surface area contributed by atoms with Gasteiger partial charge in [0, 0.05) is 18.7 Å². The summed E-state index contributed by atoms with van der Waals surface area (Å²) in [5, 5.41) is 15.3. The van der Waals surface area contributed by atoms with Crippen LogP contribution < -0.4 is 0 Å². The van der Waals surface area contributed by atoms with Crippen molar-refractivity contribution in [2.45, 2.75) is 31.9 Å².